The molecule has 0 saturated carbocycles. The molecule has 0 aliphatic heterocycles. The molecule has 1 heterocycles. The number of hydrogen-bond acceptors (Lipinski definition) is 2. The van der Waals surface area contributed by atoms with Crippen LogP contribution in [0.4, 0.5) is 5.69 Å². The van der Waals surface area contributed by atoms with Crippen LogP contribution in [0.25, 0.3) is 10.9 Å². The second-order valence-electron chi connectivity index (χ2n) is 4.61. The average Bonchev–Trinajstić information content (AvgIpc) is 2.87. The summed E-state index contributed by atoms with van der Waals surface area (Å²) in [6.45, 7) is 0. The highest BCUT2D eigenvalue weighted by Gasteiger charge is 2.12. The van der Waals surface area contributed by atoms with Gasteiger partial charge < -0.3 is 15.4 Å². The Labute approximate surface area is 130 Å². The maximum absolute atomic E-state index is 12.2. The Bertz CT molecular complexity index is 845. The van der Waals surface area contributed by atoms with Gasteiger partial charge in [0.25, 0.3) is 5.91 Å². The Balaban J connectivity index is 1.91. The summed E-state index contributed by atoms with van der Waals surface area (Å²) in [5.74, 6) is -0.479. The van der Waals surface area contributed by atoms with Crippen LogP contribution in [0, 0.1) is 0 Å². The van der Waals surface area contributed by atoms with Crippen molar-refractivity contribution in [3.63, 3.8) is 0 Å². The third-order valence-electron chi connectivity index (χ3n) is 3.14. The lowest BCUT2D eigenvalue weighted by atomic mass is 9.94. The van der Waals surface area contributed by atoms with Crippen LogP contribution < -0.4 is 10.8 Å². The molecule has 0 atom stereocenters. The molecular formula is C15H10BBrN2O2. The fourth-order valence-corrected chi connectivity index (χ4v) is 2.43. The number of fused-ring (bicyclic) bond motifs is 1. The van der Waals surface area contributed by atoms with Crippen molar-refractivity contribution in [2.45, 2.75) is 0 Å². The van der Waals surface area contributed by atoms with E-state index in [4.69, 9.17) is 7.85 Å². The quantitative estimate of drug-likeness (QED) is 0.496. The van der Waals surface area contributed by atoms with E-state index < -0.39 is 0 Å². The third-order valence-corrected chi connectivity index (χ3v) is 3.64. The van der Waals surface area contributed by atoms with Crippen molar-refractivity contribution in [2.24, 2.45) is 0 Å². The fourth-order valence-electron chi connectivity index (χ4n) is 2.07. The van der Waals surface area contributed by atoms with Gasteiger partial charge in [0.1, 0.15) is 19.3 Å². The molecule has 3 rings (SSSR count). The largest absolute Gasteiger partial charge is 0.506 e. The van der Waals surface area contributed by atoms with Gasteiger partial charge in [0, 0.05) is 15.4 Å². The molecule has 102 valence electrons. The highest BCUT2D eigenvalue weighted by atomic mass is 79.9. The number of carbonyl (C=O) groups is 1. The Morgan fingerprint density at radius 2 is 2.05 bits per heavy atom. The molecule has 6 heteroatoms. The summed E-state index contributed by atoms with van der Waals surface area (Å²) in [4.78, 5) is 15.3. The van der Waals surface area contributed by atoms with E-state index in [0.717, 1.165) is 15.4 Å². The first-order valence-electron chi connectivity index (χ1n) is 6.21. The van der Waals surface area contributed by atoms with E-state index in [1.54, 1.807) is 24.3 Å². The van der Waals surface area contributed by atoms with Gasteiger partial charge in [-0.05, 0) is 24.3 Å². The number of phenols is 1. The first-order valence-corrected chi connectivity index (χ1v) is 7.01. The van der Waals surface area contributed by atoms with E-state index in [-0.39, 0.29) is 22.8 Å². The lowest BCUT2D eigenvalue weighted by Crippen LogP contribution is -2.14. The number of rotatable bonds is 2. The number of aromatic nitrogens is 1. The predicted molar refractivity (Wildman–Crippen MR) is 87.4 cm³/mol. The molecule has 0 saturated heterocycles. The number of phenolic OH excluding ortho intramolecular Hbond substituents is 1. The Kier molecular flexibility index (Phi) is 3.47. The lowest BCUT2D eigenvalue weighted by Gasteiger charge is -2.08. The predicted octanol–water partition coefficient (Wildman–Crippen LogP) is 2.68. The molecule has 0 aliphatic carbocycles. The van der Waals surface area contributed by atoms with Crippen molar-refractivity contribution in [3.8, 4) is 5.75 Å². The van der Waals surface area contributed by atoms with E-state index in [2.05, 4.69) is 26.2 Å². The number of nitrogens with one attached hydrogen (secondary N) is 2. The van der Waals surface area contributed by atoms with Crippen molar-refractivity contribution in [2.75, 3.05) is 5.32 Å². The van der Waals surface area contributed by atoms with Crippen molar-refractivity contribution in [1.29, 1.82) is 0 Å². The minimum Gasteiger partial charge on any atom is -0.506 e. The maximum Gasteiger partial charge on any atom is 0.272 e. The zero-order valence-electron chi connectivity index (χ0n) is 10.9. The minimum absolute atomic E-state index is 0.135. The van der Waals surface area contributed by atoms with Gasteiger partial charge in [-0.15, -0.1) is 0 Å². The van der Waals surface area contributed by atoms with E-state index in [1.807, 2.05) is 18.2 Å². The van der Waals surface area contributed by atoms with Crippen LogP contribution in [0.15, 0.2) is 46.9 Å². The topological polar surface area (TPSA) is 65.1 Å². The fraction of sp³-hybridized carbons (Fsp3) is 0. The summed E-state index contributed by atoms with van der Waals surface area (Å²) >= 11 is 3.38. The molecule has 1 amide bonds. The third kappa shape index (κ3) is 2.67. The number of H-pyrrole nitrogens is 1. The number of para-hydroxylation sites is 1. The van der Waals surface area contributed by atoms with Crippen molar-refractivity contribution >= 4 is 51.7 Å². The summed E-state index contributed by atoms with van der Waals surface area (Å²) in [6.07, 6.45) is 0. The number of aromatic amines is 1. The maximum atomic E-state index is 12.2. The molecule has 0 fully saturated rings. The molecule has 0 unspecified atom stereocenters. The molecule has 21 heavy (non-hydrogen) atoms. The number of benzene rings is 2. The molecule has 2 radical (unpaired) electrons. The summed E-state index contributed by atoms with van der Waals surface area (Å²) in [7, 11) is 5.60. The summed E-state index contributed by atoms with van der Waals surface area (Å²) in [5, 5.41) is 13.4. The van der Waals surface area contributed by atoms with Gasteiger partial charge in [-0.3, -0.25) is 4.79 Å². The normalized spacial score (nSPS) is 10.7. The number of hydrogen-bond donors (Lipinski definition) is 3. The van der Waals surface area contributed by atoms with Gasteiger partial charge in [-0.1, -0.05) is 39.6 Å². The Morgan fingerprint density at radius 3 is 2.86 bits per heavy atom. The average molecular weight is 341 g/mol. The minimum atomic E-state index is -0.344. The summed E-state index contributed by atoms with van der Waals surface area (Å²) < 4.78 is 0.928. The Morgan fingerprint density at radius 1 is 1.24 bits per heavy atom. The molecule has 2 aromatic carbocycles. The highest BCUT2D eigenvalue weighted by molar-refractivity contribution is 9.10. The van der Waals surface area contributed by atoms with Crippen LogP contribution in [0.3, 0.4) is 0 Å². The van der Waals surface area contributed by atoms with Crippen LogP contribution in [0.1, 0.15) is 10.5 Å². The molecule has 4 nitrogen and oxygen atoms in total. The van der Waals surface area contributed by atoms with E-state index >= 15 is 0 Å². The van der Waals surface area contributed by atoms with E-state index in [1.165, 1.54) is 0 Å². The number of amides is 1. The zero-order valence-corrected chi connectivity index (χ0v) is 12.4. The smallest absolute Gasteiger partial charge is 0.272 e. The second-order valence-corrected chi connectivity index (χ2v) is 5.53. The van der Waals surface area contributed by atoms with Crippen LogP contribution >= 0.6 is 15.9 Å². The number of halogens is 1. The van der Waals surface area contributed by atoms with Crippen LogP contribution in [0.2, 0.25) is 0 Å². The van der Waals surface area contributed by atoms with Gasteiger partial charge in [0.2, 0.25) is 0 Å². The molecular weight excluding hydrogens is 331 g/mol. The van der Waals surface area contributed by atoms with Crippen LogP contribution in [0.5, 0.6) is 5.75 Å². The summed E-state index contributed by atoms with van der Waals surface area (Å²) in [6, 6.07) is 12.3. The number of anilines is 1. The van der Waals surface area contributed by atoms with E-state index in [9.17, 15) is 9.90 Å². The lowest BCUT2D eigenvalue weighted by molar-refractivity contribution is 0.102. The first-order chi connectivity index (χ1) is 10.0. The van der Waals surface area contributed by atoms with Gasteiger partial charge in [-0.2, -0.15) is 0 Å². The van der Waals surface area contributed by atoms with Crippen molar-refractivity contribution in [1.82, 2.24) is 4.98 Å². The second kappa shape index (κ2) is 5.29. The van der Waals surface area contributed by atoms with Crippen molar-refractivity contribution in [3.05, 3.63) is 52.6 Å². The molecule has 0 spiro atoms. The van der Waals surface area contributed by atoms with E-state index in [0.29, 0.717) is 5.69 Å². The summed E-state index contributed by atoms with van der Waals surface area (Å²) in [5.41, 5.74) is 1.75. The molecule has 0 aliphatic rings. The van der Waals surface area contributed by atoms with Gasteiger partial charge >= 0.3 is 0 Å². The molecule has 3 N–H and O–H groups in total. The zero-order chi connectivity index (χ0) is 15.0. The Hall–Kier alpha value is -2.21. The first kappa shape index (κ1) is 13.8. The van der Waals surface area contributed by atoms with Gasteiger partial charge in [0.15, 0.2) is 0 Å². The molecule has 1 aromatic heterocycles. The van der Waals surface area contributed by atoms with Gasteiger partial charge in [0.05, 0.1) is 5.69 Å². The SMILES string of the molecule is [B]c1cccc(NC(=O)c2cc3ccc(Br)cc3[nH]2)c1O. The van der Waals surface area contributed by atoms with Crippen molar-refractivity contribution < 1.29 is 9.90 Å². The highest BCUT2D eigenvalue weighted by Crippen LogP contribution is 2.23. The monoisotopic (exact) mass is 340 g/mol. The standard InChI is InChI=1S/C15H10BBrN2O2/c16-10-2-1-3-11(14(10)20)19-15(21)13-6-8-4-5-9(17)7-12(8)18-13/h1-7,18,20H,(H,19,21). The number of carbonyl (C=O) groups excluding carboxylic acids is 1. The molecule has 0 bridgehead atoms. The van der Waals surface area contributed by atoms with Crippen LogP contribution in [-0.4, -0.2) is 23.8 Å². The number of aromatic hydroxyl groups is 1. The molecule has 3 aromatic rings. The van der Waals surface area contributed by atoms with Crippen LogP contribution in [-0.2, 0) is 0 Å². The van der Waals surface area contributed by atoms with Gasteiger partial charge in [-0.25, -0.2) is 0 Å².